The number of nitrogens with zero attached hydrogens (tertiary/aromatic N) is 2. The van der Waals surface area contributed by atoms with Gasteiger partial charge in [0.25, 0.3) is 0 Å². The second kappa shape index (κ2) is 4.48. The summed E-state index contributed by atoms with van der Waals surface area (Å²) in [4.78, 5) is 23.3. The molecule has 3 heterocycles. The molecule has 5 nitrogen and oxygen atoms in total. The van der Waals surface area contributed by atoms with Gasteiger partial charge in [-0.1, -0.05) is 12.8 Å². The van der Waals surface area contributed by atoms with Crippen molar-refractivity contribution in [3.8, 4) is 0 Å². The van der Waals surface area contributed by atoms with Gasteiger partial charge in [0.05, 0.1) is 17.2 Å². The number of rotatable bonds is 1. The summed E-state index contributed by atoms with van der Waals surface area (Å²) in [5, 5.41) is 1.06. The smallest absolute Gasteiger partial charge is 0.326 e. The summed E-state index contributed by atoms with van der Waals surface area (Å²) in [5.41, 5.74) is 2.80. The Kier molecular flexibility index (Phi) is 2.54. The second-order valence-electron chi connectivity index (χ2n) is 6.93. The van der Waals surface area contributed by atoms with Crippen LogP contribution in [0.3, 0.4) is 0 Å². The highest BCUT2D eigenvalue weighted by atomic mass is 16.1. The molecule has 5 heteroatoms. The van der Waals surface area contributed by atoms with Crippen molar-refractivity contribution in [3.63, 3.8) is 0 Å². The van der Waals surface area contributed by atoms with Crippen molar-refractivity contribution in [1.82, 2.24) is 19.5 Å². The van der Waals surface area contributed by atoms with E-state index in [4.69, 9.17) is 0 Å². The summed E-state index contributed by atoms with van der Waals surface area (Å²) >= 11 is 0. The van der Waals surface area contributed by atoms with Gasteiger partial charge in [-0.2, -0.15) is 0 Å². The predicted octanol–water partition coefficient (Wildman–Crippen LogP) is 3.35. The van der Waals surface area contributed by atoms with Gasteiger partial charge in [0.2, 0.25) is 0 Å². The van der Waals surface area contributed by atoms with Crippen molar-refractivity contribution in [2.24, 2.45) is 11.8 Å². The molecule has 0 amide bonds. The molecule has 2 aliphatic rings. The molecule has 22 heavy (non-hydrogen) atoms. The van der Waals surface area contributed by atoms with Crippen molar-refractivity contribution in [1.29, 1.82) is 0 Å². The minimum atomic E-state index is 0.0364. The van der Waals surface area contributed by atoms with Crippen LogP contribution in [0.4, 0.5) is 0 Å². The molecule has 2 saturated carbocycles. The first-order chi connectivity index (χ1) is 10.8. The molecule has 2 aliphatic carbocycles. The largest absolute Gasteiger partial charge is 0.346 e. The average molecular weight is 296 g/mol. The van der Waals surface area contributed by atoms with Gasteiger partial charge in [-0.05, 0) is 43.6 Å². The maximum absolute atomic E-state index is 12.7. The molecule has 2 fully saturated rings. The topological polar surface area (TPSA) is 66.5 Å². The van der Waals surface area contributed by atoms with Crippen LogP contribution < -0.4 is 5.69 Å². The Morgan fingerprint density at radius 2 is 1.86 bits per heavy atom. The van der Waals surface area contributed by atoms with E-state index in [0.717, 1.165) is 22.1 Å². The van der Waals surface area contributed by atoms with E-state index in [0.29, 0.717) is 17.9 Å². The quantitative estimate of drug-likeness (QED) is 0.723. The Morgan fingerprint density at radius 3 is 2.59 bits per heavy atom. The lowest BCUT2D eigenvalue weighted by Crippen LogP contribution is -2.38. The van der Waals surface area contributed by atoms with Crippen LogP contribution in [0.5, 0.6) is 0 Å². The number of hydrogen-bond acceptors (Lipinski definition) is 2. The van der Waals surface area contributed by atoms with Crippen molar-refractivity contribution in [2.75, 3.05) is 0 Å². The second-order valence-corrected chi connectivity index (χ2v) is 6.93. The Bertz CT molecular complexity index is 880. The number of aromatic nitrogens is 4. The normalized spacial score (nSPS) is 28.5. The third kappa shape index (κ3) is 1.59. The van der Waals surface area contributed by atoms with Crippen LogP contribution >= 0.6 is 0 Å². The lowest BCUT2D eigenvalue weighted by atomic mass is 9.68. The maximum Gasteiger partial charge on any atom is 0.326 e. The third-order valence-electron chi connectivity index (χ3n) is 5.82. The highest BCUT2D eigenvalue weighted by Gasteiger charge is 2.39. The van der Waals surface area contributed by atoms with Crippen LogP contribution in [0.2, 0.25) is 0 Å². The van der Waals surface area contributed by atoms with Gasteiger partial charge in [0.1, 0.15) is 5.65 Å². The average Bonchev–Trinajstić information content (AvgIpc) is 3.09. The maximum atomic E-state index is 12.7. The summed E-state index contributed by atoms with van der Waals surface area (Å²) < 4.78 is 2.07. The zero-order valence-electron chi connectivity index (χ0n) is 12.5. The van der Waals surface area contributed by atoms with Crippen LogP contribution in [-0.2, 0) is 0 Å². The van der Waals surface area contributed by atoms with Crippen LogP contribution in [0.25, 0.3) is 22.1 Å². The number of aromatic amines is 2. The van der Waals surface area contributed by atoms with E-state index >= 15 is 0 Å². The standard InChI is InChI=1S/C17H20N4O/c22-17-20-13-9-19-16-12(7-8-18-16)15(13)21(17)14-10-3-1-4-11(14)6-2-5-10/h7-11,14H,1-6H2,(H,18,19)(H,20,22)/t10-,11+,14?. The molecule has 3 aromatic heterocycles. The van der Waals surface area contributed by atoms with E-state index in [-0.39, 0.29) is 5.69 Å². The monoisotopic (exact) mass is 296 g/mol. The number of pyridine rings is 1. The zero-order chi connectivity index (χ0) is 14.7. The molecule has 0 aliphatic heterocycles. The first kappa shape index (κ1) is 12.5. The SMILES string of the molecule is O=c1[nH]c2cnc3[nH]ccc3c2n1C1[C@H]2CCC[C@@H]1CCC2. The molecule has 0 atom stereocenters. The molecule has 2 N–H and O–H groups in total. The van der Waals surface area contributed by atoms with E-state index in [1.54, 1.807) is 6.20 Å². The van der Waals surface area contributed by atoms with E-state index in [1.807, 2.05) is 12.3 Å². The Morgan fingerprint density at radius 1 is 1.14 bits per heavy atom. The van der Waals surface area contributed by atoms with Gasteiger partial charge in [-0.25, -0.2) is 9.78 Å². The first-order valence-electron chi connectivity index (χ1n) is 8.39. The van der Waals surface area contributed by atoms with Crippen LogP contribution in [-0.4, -0.2) is 19.5 Å². The number of nitrogens with one attached hydrogen (secondary N) is 2. The van der Waals surface area contributed by atoms with Crippen molar-refractivity contribution < 1.29 is 0 Å². The van der Waals surface area contributed by atoms with E-state index < -0.39 is 0 Å². The summed E-state index contributed by atoms with van der Waals surface area (Å²) in [5.74, 6) is 1.32. The molecule has 0 aromatic carbocycles. The number of hydrogen-bond donors (Lipinski definition) is 2. The van der Waals surface area contributed by atoms with E-state index in [1.165, 1.54) is 38.5 Å². The molecule has 114 valence electrons. The molecular weight excluding hydrogens is 276 g/mol. The fourth-order valence-electron chi connectivity index (χ4n) is 4.97. The minimum Gasteiger partial charge on any atom is -0.346 e. The van der Waals surface area contributed by atoms with Crippen molar-refractivity contribution in [3.05, 3.63) is 28.9 Å². The van der Waals surface area contributed by atoms with Gasteiger partial charge in [0, 0.05) is 17.6 Å². The predicted molar refractivity (Wildman–Crippen MR) is 85.9 cm³/mol. The van der Waals surface area contributed by atoms with E-state index in [9.17, 15) is 4.79 Å². The zero-order valence-corrected chi connectivity index (χ0v) is 12.5. The molecular formula is C17H20N4O. The molecule has 0 spiro atoms. The van der Waals surface area contributed by atoms with Crippen molar-refractivity contribution in [2.45, 2.75) is 44.6 Å². The lowest BCUT2D eigenvalue weighted by Gasteiger charge is -2.43. The number of imidazole rings is 1. The van der Waals surface area contributed by atoms with Crippen LogP contribution in [0.15, 0.2) is 23.3 Å². The Hall–Kier alpha value is -2.04. The summed E-state index contributed by atoms with van der Waals surface area (Å²) in [6.07, 6.45) is 11.4. The molecule has 0 radical (unpaired) electrons. The molecule has 5 rings (SSSR count). The van der Waals surface area contributed by atoms with Crippen LogP contribution in [0.1, 0.15) is 44.6 Å². The Labute approximate surface area is 127 Å². The van der Waals surface area contributed by atoms with Gasteiger partial charge in [-0.15, -0.1) is 0 Å². The molecule has 0 saturated heterocycles. The highest BCUT2D eigenvalue weighted by molar-refractivity contribution is 6.00. The first-order valence-corrected chi connectivity index (χ1v) is 8.39. The highest BCUT2D eigenvalue weighted by Crippen LogP contribution is 2.47. The van der Waals surface area contributed by atoms with E-state index in [2.05, 4.69) is 19.5 Å². The molecule has 3 aromatic rings. The fourth-order valence-corrected chi connectivity index (χ4v) is 4.97. The molecule has 0 unspecified atom stereocenters. The Balaban J connectivity index is 1.81. The third-order valence-corrected chi connectivity index (χ3v) is 5.82. The number of fused-ring (bicyclic) bond motifs is 5. The summed E-state index contributed by atoms with van der Waals surface area (Å²) in [7, 11) is 0. The summed E-state index contributed by atoms with van der Waals surface area (Å²) in [6.45, 7) is 0. The fraction of sp³-hybridized carbons (Fsp3) is 0.529. The van der Waals surface area contributed by atoms with Gasteiger partial charge < -0.3 is 9.97 Å². The van der Waals surface area contributed by atoms with Crippen molar-refractivity contribution >= 4 is 22.1 Å². The lowest BCUT2D eigenvalue weighted by molar-refractivity contribution is 0.101. The van der Waals surface area contributed by atoms with Gasteiger partial charge in [0.15, 0.2) is 0 Å². The summed E-state index contributed by atoms with van der Waals surface area (Å²) in [6, 6.07) is 2.40. The van der Waals surface area contributed by atoms with Gasteiger partial charge >= 0.3 is 5.69 Å². The number of H-pyrrole nitrogens is 2. The minimum absolute atomic E-state index is 0.0364. The molecule has 2 bridgehead atoms. The van der Waals surface area contributed by atoms with Crippen LogP contribution in [0, 0.1) is 11.8 Å². The van der Waals surface area contributed by atoms with Gasteiger partial charge in [-0.3, -0.25) is 4.57 Å².